The summed E-state index contributed by atoms with van der Waals surface area (Å²) >= 11 is 0. The molecule has 0 aromatic carbocycles. The van der Waals surface area contributed by atoms with Crippen molar-refractivity contribution in [2.45, 2.75) is 19.4 Å². The van der Waals surface area contributed by atoms with E-state index in [-0.39, 0.29) is 19.2 Å². The highest BCUT2D eigenvalue weighted by Gasteiger charge is 2.14. The maximum Gasteiger partial charge on any atom is 0.255 e. The van der Waals surface area contributed by atoms with E-state index in [0.29, 0.717) is 5.82 Å². The Balaban J connectivity index is 2.88. The lowest BCUT2D eigenvalue weighted by atomic mass is 10.1. The Morgan fingerprint density at radius 2 is 2.24 bits per heavy atom. The van der Waals surface area contributed by atoms with E-state index >= 15 is 0 Å². The van der Waals surface area contributed by atoms with Gasteiger partial charge in [0.15, 0.2) is 0 Å². The second-order valence-electron chi connectivity index (χ2n) is 3.80. The van der Waals surface area contributed by atoms with Gasteiger partial charge in [-0.25, -0.2) is 13.8 Å². The topological polar surface area (TPSA) is 62.4 Å². The first kappa shape index (κ1) is 13.8. The molecule has 3 N–H and O–H groups in total. The van der Waals surface area contributed by atoms with Crippen LogP contribution in [0, 0.1) is 0 Å². The van der Waals surface area contributed by atoms with Gasteiger partial charge in [-0.05, 0) is 24.6 Å². The molecule has 6 heteroatoms. The summed E-state index contributed by atoms with van der Waals surface area (Å²) in [6.45, 7) is 1.29. The number of aromatic nitrogens is 1. The average molecular weight is 245 g/mol. The van der Waals surface area contributed by atoms with Gasteiger partial charge in [-0.2, -0.15) is 0 Å². The zero-order valence-corrected chi connectivity index (χ0v) is 9.68. The van der Waals surface area contributed by atoms with E-state index < -0.39 is 13.0 Å². The Morgan fingerprint density at radius 1 is 1.53 bits per heavy atom. The Kier molecular flexibility index (Phi) is 5.24. The molecule has 0 aliphatic carbocycles. The molecular weight excluding hydrogens is 228 g/mol. The predicted octanol–water partition coefficient (Wildman–Crippen LogP) is 1.17. The van der Waals surface area contributed by atoms with Gasteiger partial charge < -0.3 is 15.7 Å². The van der Waals surface area contributed by atoms with Crippen molar-refractivity contribution in [1.82, 2.24) is 4.98 Å². The lowest BCUT2D eigenvalue weighted by Gasteiger charge is -2.23. The molecule has 4 nitrogen and oxygen atoms in total. The summed E-state index contributed by atoms with van der Waals surface area (Å²) in [6.07, 6.45) is -0.938. The zero-order valence-electron chi connectivity index (χ0n) is 9.68. The van der Waals surface area contributed by atoms with Crippen molar-refractivity contribution in [3.8, 4) is 0 Å². The standard InChI is InChI=1S/C11H17F2N3O/c1-8(14)9-2-3-15-11(6-9)16(4-5-17)7-10(12)13/h2-3,6,8,10,17H,4-5,7,14H2,1H3/t8-/m0/s1. The molecule has 1 heterocycles. The number of alkyl halides is 2. The van der Waals surface area contributed by atoms with Gasteiger partial charge in [0.05, 0.1) is 13.2 Å². The Labute approximate surface area is 99.1 Å². The summed E-state index contributed by atoms with van der Waals surface area (Å²) in [5.41, 5.74) is 6.54. The van der Waals surface area contributed by atoms with Crippen LogP contribution in [0.2, 0.25) is 0 Å². The van der Waals surface area contributed by atoms with Crippen molar-refractivity contribution >= 4 is 5.82 Å². The summed E-state index contributed by atoms with van der Waals surface area (Å²) in [7, 11) is 0. The van der Waals surface area contributed by atoms with Crippen molar-refractivity contribution in [2.75, 3.05) is 24.6 Å². The maximum atomic E-state index is 12.4. The van der Waals surface area contributed by atoms with E-state index in [2.05, 4.69) is 4.98 Å². The molecule has 0 unspecified atom stereocenters. The molecule has 0 bridgehead atoms. The van der Waals surface area contributed by atoms with Gasteiger partial charge in [0.2, 0.25) is 0 Å². The largest absolute Gasteiger partial charge is 0.395 e. The zero-order chi connectivity index (χ0) is 12.8. The SMILES string of the molecule is C[C@H](N)c1ccnc(N(CCO)CC(F)F)c1. The molecule has 1 aromatic rings. The summed E-state index contributed by atoms with van der Waals surface area (Å²) in [6, 6.07) is 3.23. The third kappa shape index (κ3) is 4.24. The minimum absolute atomic E-state index is 0.125. The van der Waals surface area contributed by atoms with Crippen LogP contribution in [0.5, 0.6) is 0 Å². The smallest absolute Gasteiger partial charge is 0.255 e. The lowest BCUT2D eigenvalue weighted by Crippen LogP contribution is -2.32. The van der Waals surface area contributed by atoms with Gasteiger partial charge in [0.25, 0.3) is 6.43 Å². The molecular formula is C11H17F2N3O. The fourth-order valence-corrected chi connectivity index (χ4v) is 1.48. The predicted molar refractivity (Wildman–Crippen MR) is 62.1 cm³/mol. The van der Waals surface area contributed by atoms with E-state index in [1.165, 1.54) is 11.1 Å². The first-order valence-corrected chi connectivity index (χ1v) is 5.40. The van der Waals surface area contributed by atoms with Crippen LogP contribution < -0.4 is 10.6 Å². The van der Waals surface area contributed by atoms with Crippen LogP contribution in [0.15, 0.2) is 18.3 Å². The van der Waals surface area contributed by atoms with Gasteiger partial charge in [-0.3, -0.25) is 0 Å². The second-order valence-corrected chi connectivity index (χ2v) is 3.80. The normalized spacial score (nSPS) is 12.8. The molecule has 0 fully saturated rings. The molecule has 96 valence electrons. The molecule has 1 aromatic heterocycles. The monoisotopic (exact) mass is 245 g/mol. The third-order valence-corrected chi connectivity index (χ3v) is 2.35. The van der Waals surface area contributed by atoms with Crippen molar-refractivity contribution in [2.24, 2.45) is 5.73 Å². The summed E-state index contributed by atoms with van der Waals surface area (Å²) < 4.78 is 24.8. The quantitative estimate of drug-likeness (QED) is 0.789. The molecule has 0 amide bonds. The molecule has 1 atom stereocenters. The highest BCUT2D eigenvalue weighted by Crippen LogP contribution is 2.17. The van der Waals surface area contributed by atoms with E-state index in [1.807, 2.05) is 6.92 Å². The first-order valence-electron chi connectivity index (χ1n) is 5.40. The van der Waals surface area contributed by atoms with E-state index in [0.717, 1.165) is 5.56 Å². The summed E-state index contributed by atoms with van der Waals surface area (Å²) in [4.78, 5) is 5.36. The van der Waals surface area contributed by atoms with Crippen molar-refractivity contribution in [3.05, 3.63) is 23.9 Å². The molecule has 0 aliphatic heterocycles. The van der Waals surface area contributed by atoms with Crippen LogP contribution in [0.3, 0.4) is 0 Å². The van der Waals surface area contributed by atoms with Gasteiger partial charge in [-0.15, -0.1) is 0 Å². The number of aliphatic hydroxyl groups excluding tert-OH is 1. The van der Waals surface area contributed by atoms with Crippen LogP contribution >= 0.6 is 0 Å². The number of nitrogens with two attached hydrogens (primary N) is 1. The van der Waals surface area contributed by atoms with E-state index in [9.17, 15) is 8.78 Å². The highest BCUT2D eigenvalue weighted by molar-refractivity contribution is 5.41. The Bertz CT molecular complexity index is 347. The number of nitrogens with zero attached hydrogens (tertiary/aromatic N) is 2. The van der Waals surface area contributed by atoms with Gasteiger partial charge in [-0.1, -0.05) is 0 Å². The Hall–Kier alpha value is -1.27. The minimum Gasteiger partial charge on any atom is -0.395 e. The number of halogens is 2. The van der Waals surface area contributed by atoms with Gasteiger partial charge >= 0.3 is 0 Å². The van der Waals surface area contributed by atoms with Crippen LogP contribution in [0.4, 0.5) is 14.6 Å². The summed E-state index contributed by atoms with van der Waals surface area (Å²) in [5.74, 6) is 0.411. The van der Waals surface area contributed by atoms with E-state index in [4.69, 9.17) is 10.8 Å². The minimum atomic E-state index is -2.47. The van der Waals surface area contributed by atoms with Crippen LogP contribution in [0.1, 0.15) is 18.5 Å². The fraction of sp³-hybridized carbons (Fsp3) is 0.545. The number of pyridine rings is 1. The average Bonchev–Trinajstić information content (AvgIpc) is 2.28. The molecule has 1 rings (SSSR count). The van der Waals surface area contributed by atoms with E-state index in [1.54, 1.807) is 12.1 Å². The van der Waals surface area contributed by atoms with Crippen molar-refractivity contribution in [1.29, 1.82) is 0 Å². The first-order chi connectivity index (χ1) is 8.04. The number of rotatable bonds is 6. The number of hydrogen-bond acceptors (Lipinski definition) is 4. The van der Waals surface area contributed by atoms with Crippen LogP contribution in [0.25, 0.3) is 0 Å². The van der Waals surface area contributed by atoms with Crippen LogP contribution in [-0.2, 0) is 0 Å². The number of hydrogen-bond donors (Lipinski definition) is 2. The third-order valence-electron chi connectivity index (χ3n) is 2.35. The maximum absolute atomic E-state index is 12.4. The molecule has 0 saturated carbocycles. The Morgan fingerprint density at radius 3 is 2.76 bits per heavy atom. The van der Waals surface area contributed by atoms with Crippen LogP contribution in [-0.4, -0.2) is 36.2 Å². The molecule has 0 aliphatic rings. The fourth-order valence-electron chi connectivity index (χ4n) is 1.48. The lowest BCUT2D eigenvalue weighted by molar-refractivity contribution is 0.152. The van der Waals surface area contributed by atoms with Crippen molar-refractivity contribution < 1.29 is 13.9 Å². The highest BCUT2D eigenvalue weighted by atomic mass is 19.3. The molecule has 0 radical (unpaired) electrons. The second kappa shape index (κ2) is 6.46. The molecule has 17 heavy (non-hydrogen) atoms. The summed E-state index contributed by atoms with van der Waals surface area (Å²) in [5, 5.41) is 8.85. The van der Waals surface area contributed by atoms with Gasteiger partial charge in [0, 0.05) is 18.8 Å². The van der Waals surface area contributed by atoms with Crippen molar-refractivity contribution in [3.63, 3.8) is 0 Å². The molecule has 0 saturated heterocycles. The number of anilines is 1. The van der Waals surface area contributed by atoms with Gasteiger partial charge in [0.1, 0.15) is 5.82 Å². The number of aliphatic hydroxyl groups is 1. The molecule has 0 spiro atoms.